The molecule has 0 atom stereocenters. The van der Waals surface area contributed by atoms with Crippen LogP contribution in [0.5, 0.6) is 0 Å². The van der Waals surface area contributed by atoms with Gasteiger partial charge in [0.05, 0.1) is 25.3 Å². The molecule has 3 aromatic rings. The van der Waals surface area contributed by atoms with Crippen molar-refractivity contribution in [3.8, 4) is 11.5 Å². The van der Waals surface area contributed by atoms with Crippen LogP contribution in [0.4, 0.5) is 0 Å². The maximum Gasteiger partial charge on any atom is 0.241 e. The molecule has 0 spiro atoms. The molecule has 0 aliphatic rings. The number of benzene rings is 2. The van der Waals surface area contributed by atoms with Gasteiger partial charge in [0.1, 0.15) is 6.26 Å². The van der Waals surface area contributed by atoms with Gasteiger partial charge in [-0.2, -0.15) is 0 Å². The second-order valence-electron chi connectivity index (χ2n) is 7.16. The van der Waals surface area contributed by atoms with Crippen molar-refractivity contribution in [2.75, 3.05) is 20.6 Å². The third-order valence-electron chi connectivity index (χ3n) is 4.46. The molecule has 8 heteroatoms. The van der Waals surface area contributed by atoms with Gasteiger partial charge in [-0.1, -0.05) is 48.0 Å². The summed E-state index contributed by atoms with van der Waals surface area (Å²) in [4.78, 5) is 22.6. The quantitative estimate of drug-likeness (QED) is 0.276. The molecule has 3 rings (SSSR count). The van der Waals surface area contributed by atoms with Crippen LogP contribution in [-0.2, 0) is 17.9 Å². The highest BCUT2D eigenvalue weighted by molar-refractivity contribution is 14.0. The molecule has 0 saturated heterocycles. The Hall–Kier alpha value is -2.88. The van der Waals surface area contributed by atoms with Crippen LogP contribution in [0.25, 0.3) is 11.5 Å². The van der Waals surface area contributed by atoms with Gasteiger partial charge in [-0.25, -0.2) is 9.98 Å². The van der Waals surface area contributed by atoms with E-state index in [4.69, 9.17) is 4.42 Å². The molecule has 1 heterocycles. The maximum atomic E-state index is 11.9. The van der Waals surface area contributed by atoms with Crippen molar-refractivity contribution in [1.82, 2.24) is 20.5 Å². The summed E-state index contributed by atoms with van der Waals surface area (Å²) in [5.74, 6) is 1.08. The fourth-order valence-corrected chi connectivity index (χ4v) is 2.64. The molecule has 31 heavy (non-hydrogen) atoms. The summed E-state index contributed by atoms with van der Waals surface area (Å²) in [6.07, 6.45) is 1.63. The fraction of sp³-hybridized carbons (Fsp3) is 0.261. The number of oxazole rings is 1. The summed E-state index contributed by atoms with van der Waals surface area (Å²) >= 11 is 0. The number of hydrogen-bond donors (Lipinski definition) is 2. The third-order valence-corrected chi connectivity index (χ3v) is 4.46. The normalized spacial score (nSPS) is 10.9. The summed E-state index contributed by atoms with van der Waals surface area (Å²) in [7, 11) is 3.44. The van der Waals surface area contributed by atoms with E-state index in [1.54, 1.807) is 20.4 Å². The molecular formula is C23H28IN5O2. The van der Waals surface area contributed by atoms with Crippen LogP contribution in [-0.4, -0.2) is 42.4 Å². The van der Waals surface area contributed by atoms with E-state index in [9.17, 15) is 4.79 Å². The Morgan fingerprint density at radius 2 is 1.77 bits per heavy atom. The first-order chi connectivity index (χ1) is 14.5. The second-order valence-corrected chi connectivity index (χ2v) is 7.16. The Morgan fingerprint density at radius 3 is 2.45 bits per heavy atom. The SMILES string of the molecule is Cc1ccc(-c2nc(CNC(=NCc3ccccc3)NCC(=O)N(C)C)co2)cc1.I. The molecule has 2 N–H and O–H groups in total. The number of hydrogen-bond acceptors (Lipinski definition) is 4. The second kappa shape index (κ2) is 12.1. The lowest BCUT2D eigenvalue weighted by molar-refractivity contribution is -0.127. The van der Waals surface area contributed by atoms with Crippen molar-refractivity contribution < 1.29 is 9.21 Å². The van der Waals surface area contributed by atoms with Crippen LogP contribution in [0.2, 0.25) is 0 Å². The lowest BCUT2D eigenvalue weighted by atomic mass is 10.1. The maximum absolute atomic E-state index is 11.9. The Labute approximate surface area is 200 Å². The largest absolute Gasteiger partial charge is 0.444 e. The standard InChI is InChI=1S/C23H27N5O2.HI/c1-17-9-11-19(12-10-17)22-27-20(16-30-22)14-25-23(26-15-21(29)28(2)3)24-13-18-7-5-4-6-8-18;/h4-12,16H,13-15H2,1-3H3,(H2,24,25,26);1H. The molecule has 0 unspecified atom stereocenters. The highest BCUT2D eigenvalue weighted by Gasteiger charge is 2.09. The van der Waals surface area contributed by atoms with Gasteiger partial charge in [-0.05, 0) is 24.6 Å². The van der Waals surface area contributed by atoms with E-state index in [1.165, 1.54) is 10.5 Å². The number of aliphatic imine (C=N–C) groups is 1. The summed E-state index contributed by atoms with van der Waals surface area (Å²) < 4.78 is 5.61. The van der Waals surface area contributed by atoms with E-state index in [1.807, 2.05) is 61.5 Å². The summed E-state index contributed by atoms with van der Waals surface area (Å²) in [6.45, 7) is 3.12. The van der Waals surface area contributed by atoms with Crippen LogP contribution in [0.1, 0.15) is 16.8 Å². The van der Waals surface area contributed by atoms with Gasteiger partial charge in [0, 0.05) is 19.7 Å². The molecule has 1 amide bonds. The van der Waals surface area contributed by atoms with Gasteiger partial charge in [0.2, 0.25) is 11.8 Å². The lowest BCUT2D eigenvalue weighted by Gasteiger charge is -2.14. The number of carbonyl (C=O) groups is 1. The highest BCUT2D eigenvalue weighted by Crippen LogP contribution is 2.19. The van der Waals surface area contributed by atoms with Crippen LogP contribution < -0.4 is 10.6 Å². The molecule has 0 aliphatic carbocycles. The first-order valence-corrected chi connectivity index (χ1v) is 9.79. The summed E-state index contributed by atoms with van der Waals surface area (Å²) in [6, 6.07) is 18.0. The Kier molecular flexibility index (Phi) is 9.51. The molecule has 0 aliphatic heterocycles. The molecule has 0 saturated carbocycles. The molecule has 7 nitrogen and oxygen atoms in total. The third kappa shape index (κ3) is 7.71. The van der Waals surface area contributed by atoms with E-state index < -0.39 is 0 Å². The number of halogens is 1. The van der Waals surface area contributed by atoms with Gasteiger partial charge < -0.3 is 20.0 Å². The number of nitrogens with zero attached hydrogens (tertiary/aromatic N) is 3. The molecule has 0 radical (unpaired) electrons. The van der Waals surface area contributed by atoms with E-state index in [-0.39, 0.29) is 36.4 Å². The zero-order valence-electron chi connectivity index (χ0n) is 18.0. The Bertz CT molecular complexity index is 985. The minimum Gasteiger partial charge on any atom is -0.444 e. The minimum absolute atomic E-state index is 0. The van der Waals surface area contributed by atoms with Crippen LogP contribution in [0, 0.1) is 6.92 Å². The summed E-state index contributed by atoms with van der Waals surface area (Å²) in [5, 5.41) is 6.30. The molecule has 0 fully saturated rings. The molecule has 164 valence electrons. The predicted molar refractivity (Wildman–Crippen MR) is 133 cm³/mol. The number of aromatic nitrogens is 1. The van der Waals surface area contributed by atoms with E-state index in [0.29, 0.717) is 24.9 Å². The number of aryl methyl sites for hydroxylation is 1. The number of carbonyl (C=O) groups excluding carboxylic acids is 1. The number of nitrogens with one attached hydrogen (secondary N) is 2. The molecule has 0 bridgehead atoms. The zero-order valence-corrected chi connectivity index (χ0v) is 20.3. The Morgan fingerprint density at radius 1 is 1.06 bits per heavy atom. The number of rotatable bonds is 7. The van der Waals surface area contributed by atoms with Crippen molar-refractivity contribution in [2.24, 2.45) is 4.99 Å². The minimum atomic E-state index is -0.0349. The van der Waals surface area contributed by atoms with Crippen LogP contribution in [0.3, 0.4) is 0 Å². The van der Waals surface area contributed by atoms with Gasteiger partial charge in [0.15, 0.2) is 5.96 Å². The van der Waals surface area contributed by atoms with Crippen molar-refractivity contribution in [2.45, 2.75) is 20.0 Å². The first kappa shape index (κ1) is 24.4. The highest BCUT2D eigenvalue weighted by atomic mass is 127. The molecule has 2 aromatic carbocycles. The topological polar surface area (TPSA) is 82.8 Å². The van der Waals surface area contributed by atoms with Crippen molar-refractivity contribution >= 4 is 35.8 Å². The molecule has 1 aromatic heterocycles. The van der Waals surface area contributed by atoms with Crippen molar-refractivity contribution in [3.63, 3.8) is 0 Å². The van der Waals surface area contributed by atoms with Crippen molar-refractivity contribution in [1.29, 1.82) is 0 Å². The number of guanidine groups is 1. The van der Waals surface area contributed by atoms with Crippen LogP contribution in [0.15, 0.2) is 70.3 Å². The van der Waals surface area contributed by atoms with Gasteiger partial charge >= 0.3 is 0 Å². The van der Waals surface area contributed by atoms with Crippen LogP contribution >= 0.6 is 24.0 Å². The monoisotopic (exact) mass is 533 g/mol. The zero-order chi connectivity index (χ0) is 21.3. The molecular weight excluding hydrogens is 505 g/mol. The average Bonchev–Trinajstić information content (AvgIpc) is 3.23. The predicted octanol–water partition coefficient (Wildman–Crippen LogP) is 3.59. The fourth-order valence-electron chi connectivity index (χ4n) is 2.64. The smallest absolute Gasteiger partial charge is 0.241 e. The van der Waals surface area contributed by atoms with E-state index >= 15 is 0 Å². The first-order valence-electron chi connectivity index (χ1n) is 9.79. The lowest BCUT2D eigenvalue weighted by Crippen LogP contribution is -2.42. The number of likely N-dealkylation sites (N-methyl/N-ethyl adjacent to an activating group) is 1. The Balaban J connectivity index is 0.00000341. The van der Waals surface area contributed by atoms with E-state index in [0.717, 1.165) is 16.8 Å². The van der Waals surface area contributed by atoms with Gasteiger partial charge in [0.25, 0.3) is 0 Å². The van der Waals surface area contributed by atoms with Gasteiger partial charge in [-0.15, -0.1) is 24.0 Å². The average molecular weight is 533 g/mol. The van der Waals surface area contributed by atoms with E-state index in [2.05, 4.69) is 20.6 Å². The number of amides is 1. The van der Waals surface area contributed by atoms with Gasteiger partial charge in [-0.3, -0.25) is 4.79 Å². The summed E-state index contributed by atoms with van der Waals surface area (Å²) in [5.41, 5.74) is 3.95. The van der Waals surface area contributed by atoms with Crippen molar-refractivity contribution in [3.05, 3.63) is 77.7 Å².